The van der Waals surface area contributed by atoms with Crippen molar-refractivity contribution >= 4 is 0 Å². The van der Waals surface area contributed by atoms with Crippen molar-refractivity contribution in [1.29, 1.82) is 0 Å². The molecule has 90 valence electrons. The van der Waals surface area contributed by atoms with Gasteiger partial charge in [-0.05, 0) is 44.1 Å². The van der Waals surface area contributed by atoms with Gasteiger partial charge in [0.25, 0.3) is 0 Å². The number of hydrogen-bond donors (Lipinski definition) is 1. The highest BCUT2D eigenvalue weighted by molar-refractivity contribution is 4.82. The van der Waals surface area contributed by atoms with Crippen molar-refractivity contribution in [3.63, 3.8) is 0 Å². The first-order valence-corrected chi connectivity index (χ1v) is 6.80. The molecule has 1 rings (SSSR count). The molecular weight excluding hydrogens is 182 g/mol. The maximum absolute atomic E-state index is 3.54. The molecule has 0 radical (unpaired) electrons. The summed E-state index contributed by atoms with van der Waals surface area (Å²) in [6.45, 7) is 7.05. The third kappa shape index (κ3) is 4.55. The minimum absolute atomic E-state index is 0.786. The van der Waals surface area contributed by atoms with E-state index in [0.29, 0.717) is 0 Å². The van der Waals surface area contributed by atoms with Crippen molar-refractivity contribution in [3.05, 3.63) is 0 Å². The van der Waals surface area contributed by atoms with Crippen LogP contribution in [0.15, 0.2) is 0 Å². The molecule has 0 aromatic rings. The molecule has 1 saturated carbocycles. The zero-order chi connectivity index (χ0) is 11.3. The van der Waals surface area contributed by atoms with E-state index in [4.69, 9.17) is 0 Å². The smallest absolute Gasteiger partial charge is 0.00924 e. The van der Waals surface area contributed by atoms with E-state index in [0.717, 1.165) is 23.8 Å². The Labute approximate surface area is 96.0 Å². The van der Waals surface area contributed by atoms with Crippen LogP contribution in [-0.2, 0) is 0 Å². The van der Waals surface area contributed by atoms with E-state index in [-0.39, 0.29) is 0 Å². The first kappa shape index (κ1) is 13.0. The fourth-order valence-electron chi connectivity index (χ4n) is 2.98. The Hall–Kier alpha value is -0.0400. The van der Waals surface area contributed by atoms with Crippen molar-refractivity contribution in [2.24, 2.45) is 17.8 Å². The van der Waals surface area contributed by atoms with Gasteiger partial charge in [-0.1, -0.05) is 40.0 Å². The van der Waals surface area contributed by atoms with Gasteiger partial charge in [0.2, 0.25) is 0 Å². The molecule has 0 heterocycles. The molecule has 1 aliphatic rings. The van der Waals surface area contributed by atoms with Crippen LogP contribution in [0.3, 0.4) is 0 Å². The van der Waals surface area contributed by atoms with Crippen molar-refractivity contribution in [3.8, 4) is 0 Å². The fourth-order valence-corrected chi connectivity index (χ4v) is 2.98. The summed E-state index contributed by atoms with van der Waals surface area (Å²) >= 11 is 0. The minimum Gasteiger partial charge on any atom is -0.317 e. The Morgan fingerprint density at radius 2 is 1.93 bits per heavy atom. The summed E-state index contributed by atoms with van der Waals surface area (Å²) in [5.41, 5.74) is 0. The van der Waals surface area contributed by atoms with Crippen molar-refractivity contribution < 1.29 is 0 Å². The highest BCUT2D eigenvalue weighted by Gasteiger charge is 2.27. The summed E-state index contributed by atoms with van der Waals surface area (Å²) in [5, 5.41) is 3.54. The average molecular weight is 211 g/mol. The third-order valence-electron chi connectivity index (χ3n) is 3.97. The number of hydrogen-bond acceptors (Lipinski definition) is 1. The maximum atomic E-state index is 3.54. The van der Waals surface area contributed by atoms with Gasteiger partial charge < -0.3 is 5.32 Å². The zero-order valence-electron chi connectivity index (χ0n) is 11.1. The van der Waals surface area contributed by atoms with E-state index in [1.165, 1.54) is 38.5 Å². The summed E-state index contributed by atoms with van der Waals surface area (Å²) in [7, 11) is 2.14. The van der Waals surface area contributed by atoms with Gasteiger partial charge in [0, 0.05) is 6.04 Å². The van der Waals surface area contributed by atoms with E-state index in [1.807, 2.05) is 0 Å². The van der Waals surface area contributed by atoms with Crippen molar-refractivity contribution in [2.45, 2.75) is 65.3 Å². The quantitative estimate of drug-likeness (QED) is 0.704. The average Bonchev–Trinajstić information content (AvgIpc) is 2.59. The second-order valence-corrected chi connectivity index (χ2v) is 5.90. The summed E-state index contributed by atoms with van der Waals surface area (Å²) in [4.78, 5) is 0. The molecule has 0 bridgehead atoms. The standard InChI is InChI=1S/C14H29N/c1-11(2)6-5-7-14(15-4)13-9-8-12(3)10-13/h11-15H,5-10H2,1-4H3. The maximum Gasteiger partial charge on any atom is 0.00924 e. The van der Waals surface area contributed by atoms with Gasteiger partial charge in [-0.3, -0.25) is 0 Å². The first-order chi connectivity index (χ1) is 7.13. The van der Waals surface area contributed by atoms with Crippen LogP contribution in [0.4, 0.5) is 0 Å². The molecule has 3 unspecified atom stereocenters. The van der Waals surface area contributed by atoms with Crippen LogP contribution in [0.2, 0.25) is 0 Å². The molecule has 1 fully saturated rings. The van der Waals surface area contributed by atoms with Crippen molar-refractivity contribution in [2.75, 3.05) is 7.05 Å². The van der Waals surface area contributed by atoms with Crippen LogP contribution in [0.1, 0.15) is 59.3 Å². The van der Waals surface area contributed by atoms with E-state index in [9.17, 15) is 0 Å². The lowest BCUT2D eigenvalue weighted by atomic mass is 9.91. The SMILES string of the molecule is CNC(CCCC(C)C)C1CCC(C)C1. The molecule has 1 aliphatic carbocycles. The summed E-state index contributed by atoms with van der Waals surface area (Å²) in [5.74, 6) is 2.79. The molecule has 15 heavy (non-hydrogen) atoms. The molecule has 0 aromatic heterocycles. The number of nitrogens with one attached hydrogen (secondary N) is 1. The van der Waals surface area contributed by atoms with Crippen LogP contribution < -0.4 is 5.32 Å². The van der Waals surface area contributed by atoms with Gasteiger partial charge in [0.1, 0.15) is 0 Å². The van der Waals surface area contributed by atoms with Gasteiger partial charge >= 0.3 is 0 Å². The zero-order valence-corrected chi connectivity index (χ0v) is 11.1. The molecule has 1 heteroatoms. The largest absolute Gasteiger partial charge is 0.317 e. The van der Waals surface area contributed by atoms with Crippen LogP contribution in [0.5, 0.6) is 0 Å². The van der Waals surface area contributed by atoms with Crippen LogP contribution in [-0.4, -0.2) is 13.1 Å². The molecule has 0 saturated heterocycles. The van der Waals surface area contributed by atoms with Gasteiger partial charge in [-0.25, -0.2) is 0 Å². The molecule has 1 nitrogen and oxygen atoms in total. The summed E-state index contributed by atoms with van der Waals surface area (Å²) < 4.78 is 0. The molecule has 3 atom stereocenters. The fraction of sp³-hybridized carbons (Fsp3) is 1.00. The molecule has 1 N–H and O–H groups in total. The highest BCUT2D eigenvalue weighted by atomic mass is 14.9. The lowest BCUT2D eigenvalue weighted by molar-refractivity contribution is 0.335. The van der Waals surface area contributed by atoms with Gasteiger partial charge in [0.15, 0.2) is 0 Å². The topological polar surface area (TPSA) is 12.0 Å². The first-order valence-electron chi connectivity index (χ1n) is 6.80. The Kier molecular flexibility index (Phi) is 5.66. The Morgan fingerprint density at radius 3 is 2.40 bits per heavy atom. The monoisotopic (exact) mass is 211 g/mol. The second-order valence-electron chi connectivity index (χ2n) is 5.90. The molecular formula is C14H29N. The van der Waals surface area contributed by atoms with Gasteiger partial charge in [0.05, 0.1) is 0 Å². The van der Waals surface area contributed by atoms with Crippen LogP contribution in [0.25, 0.3) is 0 Å². The Bertz CT molecular complexity index is 165. The lowest BCUT2D eigenvalue weighted by Crippen LogP contribution is -2.32. The number of rotatable bonds is 6. The molecule has 0 aromatic carbocycles. The summed E-state index contributed by atoms with van der Waals surface area (Å²) in [6, 6.07) is 0.786. The molecule has 0 amide bonds. The second kappa shape index (κ2) is 6.52. The lowest BCUT2D eigenvalue weighted by Gasteiger charge is -2.23. The van der Waals surface area contributed by atoms with E-state index < -0.39 is 0 Å². The highest BCUT2D eigenvalue weighted by Crippen LogP contribution is 2.34. The normalized spacial score (nSPS) is 28.6. The Balaban J connectivity index is 2.23. The predicted octanol–water partition coefficient (Wildman–Crippen LogP) is 3.84. The minimum atomic E-state index is 0.786. The van der Waals surface area contributed by atoms with E-state index in [2.05, 4.69) is 33.1 Å². The Morgan fingerprint density at radius 1 is 1.20 bits per heavy atom. The predicted molar refractivity (Wildman–Crippen MR) is 68.0 cm³/mol. The van der Waals surface area contributed by atoms with Crippen LogP contribution in [0, 0.1) is 17.8 Å². The van der Waals surface area contributed by atoms with Crippen molar-refractivity contribution in [1.82, 2.24) is 5.32 Å². The molecule has 0 spiro atoms. The van der Waals surface area contributed by atoms with Gasteiger partial charge in [-0.15, -0.1) is 0 Å². The van der Waals surface area contributed by atoms with E-state index >= 15 is 0 Å². The third-order valence-corrected chi connectivity index (χ3v) is 3.97. The summed E-state index contributed by atoms with van der Waals surface area (Å²) in [6.07, 6.45) is 8.52. The van der Waals surface area contributed by atoms with Crippen LogP contribution >= 0.6 is 0 Å². The van der Waals surface area contributed by atoms with E-state index in [1.54, 1.807) is 0 Å². The molecule has 0 aliphatic heterocycles. The van der Waals surface area contributed by atoms with Gasteiger partial charge in [-0.2, -0.15) is 0 Å².